The molecule has 0 radical (unpaired) electrons. The molecule has 2 rings (SSSR count). The first-order valence-electron chi connectivity index (χ1n) is 7.21. The third kappa shape index (κ3) is 4.18. The maximum absolute atomic E-state index is 12.2. The molecule has 1 heterocycles. The maximum atomic E-state index is 12.2. The van der Waals surface area contributed by atoms with Crippen molar-refractivity contribution in [3.05, 3.63) is 41.5 Å². The number of hydrogen-bond acceptors (Lipinski definition) is 3. The maximum Gasteiger partial charge on any atom is 0.310 e. The number of esters is 1. The zero-order chi connectivity index (χ0) is 15.2. The summed E-state index contributed by atoms with van der Waals surface area (Å²) in [6, 6.07) is 7.98. The highest BCUT2D eigenvalue weighted by molar-refractivity contribution is 5.92. The normalized spacial score (nSPS) is 18.8. The number of carbonyl (C=O) groups is 2. The molecular formula is C17H21NO3. The fourth-order valence-corrected chi connectivity index (χ4v) is 2.49. The fraction of sp³-hybridized carbons (Fsp3) is 0.412. The summed E-state index contributed by atoms with van der Waals surface area (Å²) >= 11 is 0. The van der Waals surface area contributed by atoms with E-state index in [9.17, 15) is 9.59 Å². The third-order valence-electron chi connectivity index (χ3n) is 3.76. The van der Waals surface area contributed by atoms with Gasteiger partial charge in [0.25, 0.3) is 0 Å². The van der Waals surface area contributed by atoms with Gasteiger partial charge in [-0.15, -0.1) is 0 Å². The first-order valence-corrected chi connectivity index (χ1v) is 7.21. The summed E-state index contributed by atoms with van der Waals surface area (Å²) in [5, 5.41) is 0. The number of methoxy groups -OCH3 is 1. The summed E-state index contributed by atoms with van der Waals surface area (Å²) in [7, 11) is 1.39. The molecule has 1 aromatic carbocycles. The van der Waals surface area contributed by atoms with Crippen LogP contribution in [0.25, 0.3) is 6.08 Å². The highest BCUT2D eigenvalue weighted by Crippen LogP contribution is 2.18. The van der Waals surface area contributed by atoms with Gasteiger partial charge in [0.15, 0.2) is 0 Å². The summed E-state index contributed by atoms with van der Waals surface area (Å²) < 4.78 is 4.76. The molecule has 1 atom stereocenters. The number of piperidine rings is 1. The Morgan fingerprint density at radius 2 is 2.00 bits per heavy atom. The smallest absolute Gasteiger partial charge is 0.310 e. The molecule has 1 amide bonds. The summed E-state index contributed by atoms with van der Waals surface area (Å²) in [5.74, 6) is -0.473. The average Bonchev–Trinajstić information content (AvgIpc) is 2.53. The highest BCUT2D eigenvalue weighted by Gasteiger charge is 2.27. The van der Waals surface area contributed by atoms with Crippen LogP contribution in [0.4, 0.5) is 0 Å². The third-order valence-corrected chi connectivity index (χ3v) is 3.76. The first-order chi connectivity index (χ1) is 10.1. The van der Waals surface area contributed by atoms with Gasteiger partial charge in [0.2, 0.25) is 5.91 Å². The lowest BCUT2D eigenvalue weighted by atomic mass is 9.98. The van der Waals surface area contributed by atoms with Gasteiger partial charge in [0.1, 0.15) is 0 Å². The predicted molar refractivity (Wildman–Crippen MR) is 81.5 cm³/mol. The lowest BCUT2D eigenvalue weighted by molar-refractivity contribution is -0.148. The molecule has 112 valence electrons. The average molecular weight is 287 g/mol. The van der Waals surface area contributed by atoms with Crippen molar-refractivity contribution >= 4 is 18.0 Å². The Balaban J connectivity index is 1.96. The van der Waals surface area contributed by atoms with Crippen molar-refractivity contribution in [3.8, 4) is 0 Å². The van der Waals surface area contributed by atoms with Crippen molar-refractivity contribution < 1.29 is 14.3 Å². The second kappa shape index (κ2) is 7.07. The lowest BCUT2D eigenvalue weighted by Gasteiger charge is -2.30. The van der Waals surface area contributed by atoms with Crippen molar-refractivity contribution in [1.29, 1.82) is 0 Å². The zero-order valence-corrected chi connectivity index (χ0v) is 12.5. The molecule has 4 nitrogen and oxygen atoms in total. The Morgan fingerprint density at radius 3 is 2.67 bits per heavy atom. The van der Waals surface area contributed by atoms with Crippen LogP contribution in [0, 0.1) is 12.8 Å². The Labute approximate surface area is 125 Å². The van der Waals surface area contributed by atoms with Gasteiger partial charge < -0.3 is 9.64 Å². The molecule has 4 heteroatoms. The van der Waals surface area contributed by atoms with Gasteiger partial charge in [-0.25, -0.2) is 0 Å². The zero-order valence-electron chi connectivity index (χ0n) is 12.5. The summed E-state index contributed by atoms with van der Waals surface area (Å²) in [6.45, 7) is 3.17. The second-order valence-electron chi connectivity index (χ2n) is 5.39. The molecule has 21 heavy (non-hydrogen) atoms. The van der Waals surface area contributed by atoms with Crippen LogP contribution in [0.15, 0.2) is 30.3 Å². The molecule has 1 saturated heterocycles. The molecule has 1 aromatic rings. The Kier molecular flexibility index (Phi) is 5.14. The van der Waals surface area contributed by atoms with Crippen LogP contribution in [0.1, 0.15) is 24.0 Å². The van der Waals surface area contributed by atoms with Crippen molar-refractivity contribution in [2.75, 3.05) is 20.2 Å². The van der Waals surface area contributed by atoms with Gasteiger partial charge in [0.05, 0.1) is 13.0 Å². The van der Waals surface area contributed by atoms with Crippen LogP contribution >= 0.6 is 0 Å². The minimum Gasteiger partial charge on any atom is -0.469 e. The van der Waals surface area contributed by atoms with Gasteiger partial charge in [-0.3, -0.25) is 9.59 Å². The molecule has 0 N–H and O–H groups in total. The SMILES string of the molecule is COC(=O)[C@H]1CCCN(C(=O)/C=C/c2ccc(C)cc2)C1. The predicted octanol–water partition coefficient (Wildman–Crippen LogP) is 2.42. The molecule has 1 aliphatic heterocycles. The van der Waals surface area contributed by atoms with E-state index in [0.717, 1.165) is 18.4 Å². The molecule has 0 saturated carbocycles. The Bertz CT molecular complexity index is 533. The van der Waals surface area contributed by atoms with E-state index in [1.165, 1.54) is 12.7 Å². The first kappa shape index (κ1) is 15.3. The number of benzene rings is 1. The van der Waals surface area contributed by atoms with Crippen molar-refractivity contribution in [2.45, 2.75) is 19.8 Å². The number of aryl methyl sites for hydroxylation is 1. The minimum absolute atomic E-state index is 0.0517. The van der Waals surface area contributed by atoms with E-state index in [-0.39, 0.29) is 17.8 Å². The van der Waals surface area contributed by atoms with E-state index in [4.69, 9.17) is 4.74 Å². The van der Waals surface area contributed by atoms with Gasteiger partial charge >= 0.3 is 5.97 Å². The standard InChI is InChI=1S/C17H21NO3/c1-13-5-7-14(8-6-13)9-10-16(19)18-11-3-4-15(12-18)17(20)21-2/h5-10,15H,3-4,11-12H2,1-2H3/b10-9+/t15-/m0/s1. The van der Waals surface area contributed by atoms with E-state index >= 15 is 0 Å². The van der Waals surface area contributed by atoms with E-state index in [1.807, 2.05) is 37.3 Å². The van der Waals surface area contributed by atoms with Crippen molar-refractivity contribution in [3.63, 3.8) is 0 Å². The quantitative estimate of drug-likeness (QED) is 0.633. The van der Waals surface area contributed by atoms with Crippen LogP contribution in [0.2, 0.25) is 0 Å². The Hall–Kier alpha value is -2.10. The van der Waals surface area contributed by atoms with Crippen LogP contribution < -0.4 is 0 Å². The summed E-state index contributed by atoms with van der Waals surface area (Å²) in [4.78, 5) is 25.5. The molecule has 1 fully saturated rings. The number of rotatable bonds is 3. The van der Waals surface area contributed by atoms with Gasteiger partial charge in [-0.2, -0.15) is 0 Å². The van der Waals surface area contributed by atoms with Crippen LogP contribution in [0.3, 0.4) is 0 Å². The molecule has 0 aliphatic carbocycles. The van der Waals surface area contributed by atoms with E-state index in [0.29, 0.717) is 13.1 Å². The van der Waals surface area contributed by atoms with E-state index in [1.54, 1.807) is 11.0 Å². The van der Waals surface area contributed by atoms with Crippen molar-refractivity contribution in [1.82, 2.24) is 4.90 Å². The van der Waals surface area contributed by atoms with Crippen LogP contribution in [-0.2, 0) is 14.3 Å². The van der Waals surface area contributed by atoms with E-state index < -0.39 is 0 Å². The fourth-order valence-electron chi connectivity index (χ4n) is 2.49. The minimum atomic E-state index is -0.227. The number of nitrogens with zero attached hydrogens (tertiary/aromatic N) is 1. The van der Waals surface area contributed by atoms with Crippen LogP contribution in [-0.4, -0.2) is 37.0 Å². The number of hydrogen-bond donors (Lipinski definition) is 0. The van der Waals surface area contributed by atoms with E-state index in [2.05, 4.69) is 0 Å². The summed E-state index contributed by atoms with van der Waals surface area (Å²) in [5.41, 5.74) is 2.19. The number of carbonyl (C=O) groups excluding carboxylic acids is 2. The Morgan fingerprint density at radius 1 is 1.29 bits per heavy atom. The summed E-state index contributed by atoms with van der Waals surface area (Å²) in [6.07, 6.45) is 5.01. The van der Waals surface area contributed by atoms with Gasteiger partial charge in [-0.05, 0) is 31.4 Å². The molecule has 0 unspecified atom stereocenters. The second-order valence-corrected chi connectivity index (χ2v) is 5.39. The molecule has 0 spiro atoms. The van der Waals surface area contributed by atoms with Gasteiger partial charge in [-0.1, -0.05) is 29.8 Å². The largest absolute Gasteiger partial charge is 0.469 e. The molecular weight excluding hydrogens is 266 g/mol. The highest BCUT2D eigenvalue weighted by atomic mass is 16.5. The molecule has 0 aromatic heterocycles. The number of ether oxygens (including phenoxy) is 1. The van der Waals surface area contributed by atoms with Crippen molar-refractivity contribution in [2.24, 2.45) is 5.92 Å². The topological polar surface area (TPSA) is 46.6 Å². The van der Waals surface area contributed by atoms with Crippen LogP contribution in [0.5, 0.6) is 0 Å². The molecule has 1 aliphatic rings. The number of amides is 1. The lowest BCUT2D eigenvalue weighted by Crippen LogP contribution is -2.41. The molecule has 0 bridgehead atoms. The monoisotopic (exact) mass is 287 g/mol. The van der Waals surface area contributed by atoms with Gasteiger partial charge in [0, 0.05) is 19.2 Å². The number of likely N-dealkylation sites (tertiary alicyclic amines) is 1.